The normalized spacial score (nSPS) is 14.3. The highest BCUT2D eigenvalue weighted by Gasteiger charge is 2.21. The van der Waals surface area contributed by atoms with E-state index in [1.54, 1.807) is 6.20 Å². The molecule has 2 heterocycles. The number of amides is 1. The molecule has 2 aromatic carbocycles. The van der Waals surface area contributed by atoms with Gasteiger partial charge in [0.2, 0.25) is 5.91 Å². The van der Waals surface area contributed by atoms with E-state index in [-0.39, 0.29) is 5.91 Å². The zero-order chi connectivity index (χ0) is 16.4. The molecule has 1 fully saturated rings. The number of carbonyl (C=O) groups is 1. The Kier molecular flexibility index (Phi) is 3.87. The van der Waals surface area contributed by atoms with Gasteiger partial charge in [-0.3, -0.25) is 9.78 Å². The van der Waals surface area contributed by atoms with Crippen LogP contribution in [0.1, 0.15) is 18.4 Å². The number of ether oxygens (including phenoxy) is 1. The summed E-state index contributed by atoms with van der Waals surface area (Å²) in [6.45, 7) is 1.27. The lowest BCUT2D eigenvalue weighted by atomic mass is 10.1. The molecule has 0 unspecified atom stereocenters. The average Bonchev–Trinajstić information content (AvgIpc) is 3.06. The Hall–Kier alpha value is -2.88. The molecule has 1 aliphatic heterocycles. The Balaban J connectivity index is 1.48. The third-order valence-corrected chi connectivity index (χ3v) is 4.33. The SMILES string of the molecule is O=C1CCCN1c1ccc(OCc2cccc3cccnc23)cc1. The van der Waals surface area contributed by atoms with Crippen molar-refractivity contribution in [3.63, 3.8) is 0 Å². The topological polar surface area (TPSA) is 42.4 Å². The maximum absolute atomic E-state index is 11.8. The summed E-state index contributed by atoms with van der Waals surface area (Å²) in [5, 5.41) is 1.11. The Morgan fingerprint density at radius 2 is 1.88 bits per heavy atom. The minimum atomic E-state index is 0.200. The molecule has 1 saturated heterocycles. The largest absolute Gasteiger partial charge is 0.489 e. The van der Waals surface area contributed by atoms with E-state index < -0.39 is 0 Å². The van der Waals surface area contributed by atoms with E-state index >= 15 is 0 Å². The van der Waals surface area contributed by atoms with Gasteiger partial charge in [0.05, 0.1) is 5.52 Å². The number of rotatable bonds is 4. The molecule has 0 N–H and O–H groups in total. The van der Waals surface area contributed by atoms with Crippen molar-refractivity contribution in [2.75, 3.05) is 11.4 Å². The van der Waals surface area contributed by atoms with Crippen LogP contribution in [0.25, 0.3) is 10.9 Å². The number of fused-ring (bicyclic) bond motifs is 1. The van der Waals surface area contributed by atoms with Crippen LogP contribution in [0.2, 0.25) is 0 Å². The van der Waals surface area contributed by atoms with Crippen LogP contribution in [-0.4, -0.2) is 17.4 Å². The summed E-state index contributed by atoms with van der Waals surface area (Å²) in [6.07, 6.45) is 3.38. The van der Waals surface area contributed by atoms with Crippen LogP contribution in [0.3, 0.4) is 0 Å². The number of benzene rings is 2. The lowest BCUT2D eigenvalue weighted by Crippen LogP contribution is -2.23. The van der Waals surface area contributed by atoms with Crippen molar-refractivity contribution >= 4 is 22.5 Å². The van der Waals surface area contributed by atoms with E-state index in [1.165, 1.54) is 0 Å². The summed E-state index contributed by atoms with van der Waals surface area (Å²) >= 11 is 0. The minimum Gasteiger partial charge on any atom is -0.489 e. The number of hydrogen-bond donors (Lipinski definition) is 0. The number of pyridine rings is 1. The standard InChI is InChI=1S/C20H18N2O2/c23-19-7-3-13-22(19)17-8-10-18(11-9-17)24-14-16-5-1-4-15-6-2-12-21-20(15)16/h1-2,4-6,8-12H,3,7,13-14H2. The Morgan fingerprint density at radius 3 is 2.67 bits per heavy atom. The van der Waals surface area contributed by atoms with E-state index in [0.29, 0.717) is 13.0 Å². The molecular weight excluding hydrogens is 300 g/mol. The molecule has 0 radical (unpaired) electrons. The first-order valence-corrected chi connectivity index (χ1v) is 8.17. The van der Waals surface area contributed by atoms with Gasteiger partial charge in [-0.1, -0.05) is 24.3 Å². The molecule has 1 amide bonds. The fourth-order valence-electron chi connectivity index (χ4n) is 3.09. The predicted octanol–water partition coefficient (Wildman–Crippen LogP) is 3.94. The van der Waals surface area contributed by atoms with Crippen LogP contribution in [-0.2, 0) is 11.4 Å². The van der Waals surface area contributed by atoms with Crippen molar-refractivity contribution in [2.45, 2.75) is 19.4 Å². The fraction of sp³-hybridized carbons (Fsp3) is 0.200. The lowest BCUT2D eigenvalue weighted by molar-refractivity contribution is -0.117. The van der Waals surface area contributed by atoms with Gasteiger partial charge in [0.15, 0.2) is 0 Å². The third-order valence-electron chi connectivity index (χ3n) is 4.33. The smallest absolute Gasteiger partial charge is 0.227 e. The Morgan fingerprint density at radius 1 is 1.04 bits per heavy atom. The first-order valence-electron chi connectivity index (χ1n) is 8.17. The van der Waals surface area contributed by atoms with Crippen molar-refractivity contribution in [3.8, 4) is 5.75 Å². The molecule has 4 heteroatoms. The maximum Gasteiger partial charge on any atom is 0.227 e. The number of aromatic nitrogens is 1. The molecule has 1 aliphatic rings. The summed E-state index contributed by atoms with van der Waals surface area (Å²) in [5.41, 5.74) is 2.97. The van der Waals surface area contributed by atoms with Crippen LogP contribution in [0.15, 0.2) is 60.8 Å². The van der Waals surface area contributed by atoms with Gasteiger partial charge in [-0.05, 0) is 36.8 Å². The van der Waals surface area contributed by atoms with Gasteiger partial charge >= 0.3 is 0 Å². The zero-order valence-corrected chi connectivity index (χ0v) is 13.3. The fourth-order valence-corrected chi connectivity index (χ4v) is 3.09. The lowest BCUT2D eigenvalue weighted by Gasteiger charge is -2.16. The Bertz CT molecular complexity index is 869. The summed E-state index contributed by atoms with van der Waals surface area (Å²) in [7, 11) is 0. The summed E-state index contributed by atoms with van der Waals surface area (Å²) < 4.78 is 5.90. The second kappa shape index (κ2) is 6.32. The molecule has 0 saturated carbocycles. The highest BCUT2D eigenvalue weighted by atomic mass is 16.5. The van der Waals surface area contributed by atoms with Crippen LogP contribution in [0.5, 0.6) is 5.75 Å². The Labute approximate surface area is 140 Å². The van der Waals surface area contributed by atoms with Crippen molar-refractivity contribution in [1.29, 1.82) is 0 Å². The number of para-hydroxylation sites is 1. The molecule has 0 aliphatic carbocycles. The predicted molar refractivity (Wildman–Crippen MR) is 94.1 cm³/mol. The van der Waals surface area contributed by atoms with Crippen LogP contribution in [0.4, 0.5) is 5.69 Å². The number of anilines is 1. The number of nitrogens with zero attached hydrogens (tertiary/aromatic N) is 2. The first kappa shape index (κ1) is 14.7. The van der Waals surface area contributed by atoms with Crippen molar-refractivity contribution in [1.82, 2.24) is 4.98 Å². The van der Waals surface area contributed by atoms with E-state index in [1.807, 2.05) is 59.5 Å². The van der Waals surface area contributed by atoms with Crippen LogP contribution in [0, 0.1) is 0 Å². The molecule has 0 atom stereocenters. The maximum atomic E-state index is 11.8. The quantitative estimate of drug-likeness (QED) is 0.732. The van der Waals surface area contributed by atoms with E-state index in [4.69, 9.17) is 4.74 Å². The zero-order valence-electron chi connectivity index (χ0n) is 13.3. The summed E-state index contributed by atoms with van der Waals surface area (Å²) in [6, 6.07) is 17.8. The highest BCUT2D eigenvalue weighted by molar-refractivity contribution is 5.95. The van der Waals surface area contributed by atoms with Gasteiger partial charge in [-0.25, -0.2) is 0 Å². The van der Waals surface area contributed by atoms with Gasteiger partial charge < -0.3 is 9.64 Å². The molecule has 24 heavy (non-hydrogen) atoms. The summed E-state index contributed by atoms with van der Waals surface area (Å²) in [4.78, 5) is 18.1. The van der Waals surface area contributed by atoms with Crippen molar-refractivity contribution in [2.24, 2.45) is 0 Å². The van der Waals surface area contributed by atoms with E-state index in [9.17, 15) is 4.79 Å². The summed E-state index contributed by atoms with van der Waals surface area (Å²) in [5.74, 6) is 0.990. The second-order valence-corrected chi connectivity index (χ2v) is 5.92. The van der Waals surface area contributed by atoms with Gasteiger partial charge in [0, 0.05) is 35.8 Å². The number of hydrogen-bond acceptors (Lipinski definition) is 3. The minimum absolute atomic E-state index is 0.200. The molecule has 4 rings (SSSR count). The molecular formula is C20H18N2O2. The first-order chi connectivity index (χ1) is 11.8. The van der Waals surface area contributed by atoms with Crippen molar-refractivity contribution in [3.05, 3.63) is 66.4 Å². The molecule has 120 valence electrons. The average molecular weight is 318 g/mol. The molecule has 1 aromatic heterocycles. The van der Waals surface area contributed by atoms with Gasteiger partial charge in [-0.15, -0.1) is 0 Å². The highest BCUT2D eigenvalue weighted by Crippen LogP contribution is 2.25. The van der Waals surface area contributed by atoms with Crippen LogP contribution < -0.4 is 9.64 Å². The molecule has 3 aromatic rings. The van der Waals surface area contributed by atoms with Gasteiger partial charge in [0.1, 0.15) is 12.4 Å². The number of carbonyl (C=O) groups excluding carboxylic acids is 1. The molecule has 0 bridgehead atoms. The molecule has 4 nitrogen and oxygen atoms in total. The third kappa shape index (κ3) is 2.83. The van der Waals surface area contributed by atoms with E-state index in [2.05, 4.69) is 4.98 Å². The van der Waals surface area contributed by atoms with Crippen molar-refractivity contribution < 1.29 is 9.53 Å². The van der Waals surface area contributed by atoms with Gasteiger partial charge in [0.25, 0.3) is 0 Å². The van der Waals surface area contributed by atoms with Crippen LogP contribution >= 0.6 is 0 Å². The molecule has 0 spiro atoms. The van der Waals surface area contributed by atoms with E-state index in [0.717, 1.165) is 40.9 Å². The van der Waals surface area contributed by atoms with Gasteiger partial charge in [-0.2, -0.15) is 0 Å². The monoisotopic (exact) mass is 318 g/mol. The second-order valence-electron chi connectivity index (χ2n) is 5.92.